The molecular weight excluding hydrogens is 277 g/mol. The van der Waals surface area contributed by atoms with Crippen LogP contribution in [0.15, 0.2) is 30.7 Å². The van der Waals surface area contributed by atoms with Gasteiger partial charge in [-0.25, -0.2) is 4.57 Å². The zero-order valence-corrected chi connectivity index (χ0v) is 13.6. The van der Waals surface area contributed by atoms with E-state index in [-0.39, 0.29) is 5.28 Å². The molecule has 3 atom stereocenters. The number of rotatable bonds is 2. The Morgan fingerprint density at radius 3 is 2.90 bits per heavy atom. The van der Waals surface area contributed by atoms with Crippen LogP contribution in [-0.4, -0.2) is 9.61 Å². The van der Waals surface area contributed by atoms with E-state index < -0.39 is 0 Å². The summed E-state index contributed by atoms with van der Waals surface area (Å²) < 4.78 is 4.54. The lowest BCUT2D eigenvalue weighted by molar-refractivity contribution is -0.711. The maximum absolute atomic E-state index is 4.61. The van der Waals surface area contributed by atoms with E-state index in [0.717, 1.165) is 8.58 Å². The predicted molar refractivity (Wildman–Crippen MR) is 86.2 cm³/mol. The highest BCUT2D eigenvalue weighted by Gasteiger charge is 2.73. The fourth-order valence-electron chi connectivity index (χ4n) is 4.64. The Labute approximate surface area is 125 Å². The molecule has 0 N–H and O–H groups in total. The average Bonchev–Trinajstić information content (AvgIpc) is 3.01. The highest BCUT2D eigenvalue weighted by atomic mass is 31.1. The van der Waals surface area contributed by atoms with Crippen LogP contribution in [0.4, 0.5) is 0 Å². The van der Waals surface area contributed by atoms with Crippen molar-refractivity contribution in [3.05, 3.63) is 41.9 Å². The maximum atomic E-state index is 4.61. The fourth-order valence-corrected chi connectivity index (χ4v) is 6.86. The molecule has 3 unspecified atom stereocenters. The van der Waals surface area contributed by atoms with Crippen molar-refractivity contribution in [1.29, 1.82) is 0 Å². The first-order valence-electron chi connectivity index (χ1n) is 7.79. The maximum Gasteiger partial charge on any atom is 0.274 e. The molecule has 0 saturated carbocycles. The number of aryl methyl sites for hydroxylation is 1. The molecule has 0 bridgehead atoms. The summed E-state index contributed by atoms with van der Waals surface area (Å²) in [6.45, 7) is 6.91. The minimum absolute atomic E-state index is 0.276. The van der Waals surface area contributed by atoms with Crippen LogP contribution in [-0.2, 0) is 10.4 Å². The first kappa shape index (κ1) is 12.1. The number of fused-ring (bicyclic) bond motifs is 3. The van der Waals surface area contributed by atoms with Crippen LogP contribution in [0.5, 0.6) is 0 Å². The van der Waals surface area contributed by atoms with Gasteiger partial charge in [-0.1, -0.05) is 44.6 Å². The van der Waals surface area contributed by atoms with E-state index in [1.54, 1.807) is 5.56 Å². The molecule has 5 rings (SSSR count). The number of aromatic nitrogens is 3. The minimum Gasteiger partial charge on any atom is -0.220 e. The van der Waals surface area contributed by atoms with Crippen molar-refractivity contribution in [3.8, 4) is 0 Å². The molecule has 0 amide bonds. The van der Waals surface area contributed by atoms with Crippen molar-refractivity contribution < 1.29 is 4.57 Å². The number of benzene rings is 1. The largest absolute Gasteiger partial charge is 0.274 e. The van der Waals surface area contributed by atoms with Gasteiger partial charge in [-0.3, -0.25) is 0 Å². The molecule has 4 heterocycles. The van der Waals surface area contributed by atoms with E-state index >= 15 is 0 Å². The monoisotopic (exact) mass is 296 g/mol. The third kappa shape index (κ3) is 1.11. The van der Waals surface area contributed by atoms with Gasteiger partial charge in [0.2, 0.25) is 0 Å². The molecular formula is C17H19N3P+. The van der Waals surface area contributed by atoms with Gasteiger partial charge in [0.25, 0.3) is 12.0 Å². The summed E-state index contributed by atoms with van der Waals surface area (Å²) in [5, 5.41) is 8.02. The van der Waals surface area contributed by atoms with E-state index in [2.05, 4.69) is 65.7 Å². The van der Waals surface area contributed by atoms with E-state index in [9.17, 15) is 0 Å². The number of hydrogen-bond acceptors (Lipinski definition) is 1. The van der Waals surface area contributed by atoms with Crippen molar-refractivity contribution in [1.82, 2.24) is 9.61 Å². The quantitative estimate of drug-likeness (QED) is 0.524. The highest BCUT2D eigenvalue weighted by molar-refractivity contribution is 7.49. The fraction of sp³-hybridized carbons (Fsp3) is 0.412. The van der Waals surface area contributed by atoms with E-state index in [4.69, 9.17) is 0 Å². The van der Waals surface area contributed by atoms with Gasteiger partial charge < -0.3 is 0 Å². The van der Waals surface area contributed by atoms with Crippen molar-refractivity contribution in [3.63, 3.8) is 0 Å². The normalized spacial score (nSPS) is 30.4. The van der Waals surface area contributed by atoms with Crippen LogP contribution in [0.1, 0.15) is 37.8 Å². The molecule has 0 radical (unpaired) electrons. The summed E-state index contributed by atoms with van der Waals surface area (Å²) in [5.41, 5.74) is 4.24. The Morgan fingerprint density at radius 1 is 1.29 bits per heavy atom. The third-order valence-electron chi connectivity index (χ3n) is 5.65. The smallest absolute Gasteiger partial charge is 0.220 e. The van der Waals surface area contributed by atoms with E-state index in [1.807, 2.05) is 0 Å². The lowest BCUT2D eigenvalue weighted by Gasteiger charge is -2.27. The molecule has 2 aliphatic heterocycles. The molecule has 2 aliphatic rings. The number of nitrogens with zero attached hydrogens (tertiary/aromatic N) is 3. The Bertz CT molecular complexity index is 929. The molecule has 1 saturated heterocycles. The summed E-state index contributed by atoms with van der Waals surface area (Å²) >= 11 is 0. The average molecular weight is 296 g/mol. The van der Waals surface area contributed by atoms with Crippen LogP contribution < -0.4 is 4.57 Å². The molecule has 2 aromatic heterocycles. The van der Waals surface area contributed by atoms with Gasteiger partial charge in [-0.2, -0.15) is 0 Å². The summed E-state index contributed by atoms with van der Waals surface area (Å²) in [7, 11) is 0.968. The van der Waals surface area contributed by atoms with Crippen LogP contribution >= 0.6 is 8.58 Å². The van der Waals surface area contributed by atoms with Gasteiger partial charge in [0.05, 0.1) is 10.5 Å². The second-order valence-corrected chi connectivity index (χ2v) is 8.39. The predicted octanol–water partition coefficient (Wildman–Crippen LogP) is 3.46. The second-order valence-electron chi connectivity index (χ2n) is 6.46. The van der Waals surface area contributed by atoms with Crippen molar-refractivity contribution >= 4 is 25.0 Å². The first-order chi connectivity index (χ1) is 10.2. The zero-order valence-electron chi connectivity index (χ0n) is 12.6. The van der Waals surface area contributed by atoms with Crippen LogP contribution in [0, 0.1) is 6.92 Å². The molecule has 0 aliphatic carbocycles. The Morgan fingerprint density at radius 2 is 2.14 bits per heavy atom. The molecule has 1 aromatic carbocycles. The lowest BCUT2D eigenvalue weighted by Crippen LogP contribution is -2.52. The Balaban J connectivity index is 2.08. The topological polar surface area (TPSA) is 21.2 Å². The van der Waals surface area contributed by atoms with E-state index in [1.165, 1.54) is 34.8 Å². The van der Waals surface area contributed by atoms with Crippen LogP contribution in [0.2, 0.25) is 0 Å². The zero-order chi connectivity index (χ0) is 14.4. The molecule has 21 heavy (non-hydrogen) atoms. The van der Waals surface area contributed by atoms with Crippen LogP contribution in [0.3, 0.4) is 0 Å². The summed E-state index contributed by atoms with van der Waals surface area (Å²) in [5.74, 6) is 0. The van der Waals surface area contributed by atoms with Crippen molar-refractivity contribution in [2.75, 3.05) is 0 Å². The third-order valence-corrected chi connectivity index (χ3v) is 8.29. The Kier molecular flexibility index (Phi) is 2.00. The minimum atomic E-state index is 0.276. The molecule has 3 nitrogen and oxygen atoms in total. The lowest BCUT2D eigenvalue weighted by atomic mass is 9.82. The SMILES string of the molecule is CCC12PC1(CC)[n+]1cnn3ccc4cc(C)cc2c4c31. The summed E-state index contributed by atoms with van der Waals surface area (Å²) in [4.78, 5) is 0. The summed E-state index contributed by atoms with van der Waals surface area (Å²) in [6, 6.07) is 6.96. The van der Waals surface area contributed by atoms with Crippen LogP contribution in [0.25, 0.3) is 16.4 Å². The molecule has 4 heteroatoms. The molecule has 3 aromatic rings. The Hall–Kier alpha value is -1.47. The van der Waals surface area contributed by atoms with Gasteiger partial charge in [0.1, 0.15) is 11.5 Å². The molecule has 1 fully saturated rings. The van der Waals surface area contributed by atoms with Gasteiger partial charge in [-0.05, 0) is 36.8 Å². The van der Waals surface area contributed by atoms with E-state index in [0.29, 0.717) is 5.16 Å². The number of hydrogen-bond donors (Lipinski definition) is 0. The molecule has 106 valence electrons. The standard InChI is InChI=1S/C17H19N3P/c1-4-16-13-9-11(3)8-12-6-7-20-15(14(12)13)19(10-18-20)17(16,5-2)21-16/h6-10,21H,4-5H2,1-3H3/q+1. The van der Waals surface area contributed by atoms with Gasteiger partial charge in [-0.15, -0.1) is 0 Å². The van der Waals surface area contributed by atoms with Crippen molar-refractivity contribution in [2.45, 2.75) is 44.0 Å². The first-order valence-corrected chi connectivity index (χ1v) is 8.79. The molecule has 0 spiro atoms. The van der Waals surface area contributed by atoms with Crippen molar-refractivity contribution in [2.24, 2.45) is 0 Å². The van der Waals surface area contributed by atoms with Gasteiger partial charge >= 0.3 is 0 Å². The highest BCUT2D eigenvalue weighted by Crippen LogP contribution is 2.81. The van der Waals surface area contributed by atoms with Gasteiger partial charge in [0.15, 0.2) is 0 Å². The van der Waals surface area contributed by atoms with Gasteiger partial charge in [0, 0.05) is 5.10 Å². The summed E-state index contributed by atoms with van der Waals surface area (Å²) in [6.07, 6.45) is 6.57. The number of pyridine rings is 1. The second kappa shape index (κ2) is 3.47.